The molecule has 0 aliphatic heterocycles. The minimum atomic E-state index is -1.39. The van der Waals surface area contributed by atoms with E-state index in [1.54, 1.807) is 7.05 Å². The topological polar surface area (TPSA) is 146 Å². The van der Waals surface area contributed by atoms with Gasteiger partial charge in [0, 0.05) is 41.5 Å². The third-order valence-corrected chi connectivity index (χ3v) is 5.66. The highest BCUT2D eigenvalue weighted by Gasteiger charge is 2.44. The number of aliphatic hydroxyl groups excluding tert-OH is 4. The Bertz CT molecular complexity index is 805. The first-order chi connectivity index (χ1) is 12.9. The van der Waals surface area contributed by atoms with E-state index >= 15 is 0 Å². The highest BCUT2D eigenvalue weighted by atomic mass is 16.4. The summed E-state index contributed by atoms with van der Waals surface area (Å²) >= 11 is 0. The molecule has 1 heterocycles. The molecule has 0 bridgehead atoms. The number of fused-ring (bicyclic) bond motifs is 1. The minimum Gasteiger partial charge on any atom is -0.480 e. The van der Waals surface area contributed by atoms with Crippen molar-refractivity contribution in [1.82, 2.24) is 10.3 Å². The van der Waals surface area contributed by atoms with Gasteiger partial charge in [-0.25, -0.2) is 0 Å². The van der Waals surface area contributed by atoms with Crippen molar-refractivity contribution in [2.45, 2.75) is 43.1 Å². The number of carboxylic acids is 1. The lowest BCUT2D eigenvalue weighted by atomic mass is 9.73. The van der Waals surface area contributed by atoms with Crippen LogP contribution in [0.15, 0.2) is 24.3 Å². The van der Waals surface area contributed by atoms with Gasteiger partial charge in [0.1, 0.15) is 12.1 Å². The van der Waals surface area contributed by atoms with Gasteiger partial charge in [0.25, 0.3) is 0 Å². The summed E-state index contributed by atoms with van der Waals surface area (Å²) in [6.45, 7) is -0.314. The monoisotopic (exact) mass is 378 g/mol. The standard InChI is InChI=1S/C19H26N2O6/c1-20-14(19(26)27)7-11-10-4-2-3-5-13(10)21-15(11)12-6-9(8-22)16(23)18(25)17(12)24/h2-5,9,12,14,16-18,20-25H,6-8H2,1H3,(H,26,27). The first kappa shape index (κ1) is 19.8. The van der Waals surface area contributed by atoms with Crippen LogP contribution in [0.5, 0.6) is 0 Å². The van der Waals surface area contributed by atoms with E-state index in [0.717, 1.165) is 16.5 Å². The predicted octanol–water partition coefficient (Wildman–Crippen LogP) is -0.438. The molecule has 1 aromatic carbocycles. The number of aliphatic hydroxyl groups is 4. The molecule has 1 aromatic heterocycles. The van der Waals surface area contributed by atoms with Crippen molar-refractivity contribution in [3.63, 3.8) is 0 Å². The Morgan fingerprint density at radius 2 is 1.93 bits per heavy atom. The van der Waals surface area contributed by atoms with Crippen LogP contribution in [0.2, 0.25) is 0 Å². The van der Waals surface area contributed by atoms with E-state index in [9.17, 15) is 30.3 Å². The van der Waals surface area contributed by atoms with Crippen LogP contribution in [-0.4, -0.2) is 74.5 Å². The van der Waals surface area contributed by atoms with Gasteiger partial charge in [-0.3, -0.25) is 4.79 Å². The van der Waals surface area contributed by atoms with Gasteiger partial charge in [0.05, 0.1) is 12.2 Å². The van der Waals surface area contributed by atoms with Crippen LogP contribution in [-0.2, 0) is 11.2 Å². The molecule has 2 aromatic rings. The van der Waals surface area contributed by atoms with Crippen molar-refractivity contribution in [2.24, 2.45) is 5.92 Å². The molecule has 0 amide bonds. The van der Waals surface area contributed by atoms with Gasteiger partial charge >= 0.3 is 5.97 Å². The van der Waals surface area contributed by atoms with Gasteiger partial charge in [0.15, 0.2) is 0 Å². The van der Waals surface area contributed by atoms with Gasteiger partial charge in [-0.05, 0) is 25.1 Å². The van der Waals surface area contributed by atoms with Crippen molar-refractivity contribution in [3.05, 3.63) is 35.5 Å². The lowest BCUT2D eigenvalue weighted by molar-refractivity contribution is -0.139. The highest BCUT2D eigenvalue weighted by molar-refractivity contribution is 5.86. The van der Waals surface area contributed by atoms with E-state index in [0.29, 0.717) is 5.69 Å². The zero-order valence-electron chi connectivity index (χ0n) is 15.0. The summed E-state index contributed by atoms with van der Waals surface area (Å²) in [6.07, 6.45) is -3.37. The number of nitrogens with one attached hydrogen (secondary N) is 2. The van der Waals surface area contributed by atoms with Gasteiger partial charge in [0.2, 0.25) is 0 Å². The average molecular weight is 378 g/mol. The molecule has 148 valence electrons. The van der Waals surface area contributed by atoms with Crippen LogP contribution < -0.4 is 5.32 Å². The van der Waals surface area contributed by atoms with Gasteiger partial charge in [-0.1, -0.05) is 18.2 Å². The molecule has 6 atom stereocenters. The second-order valence-electron chi connectivity index (χ2n) is 7.20. The van der Waals surface area contributed by atoms with Crippen LogP contribution in [0.4, 0.5) is 0 Å². The summed E-state index contributed by atoms with van der Waals surface area (Å²) in [4.78, 5) is 14.8. The maximum Gasteiger partial charge on any atom is 0.321 e. The van der Waals surface area contributed by atoms with E-state index in [2.05, 4.69) is 10.3 Å². The Kier molecular flexibility index (Phi) is 5.83. The van der Waals surface area contributed by atoms with Crippen LogP contribution >= 0.6 is 0 Å². The van der Waals surface area contributed by atoms with E-state index in [1.165, 1.54) is 0 Å². The third kappa shape index (κ3) is 3.59. The second-order valence-corrected chi connectivity index (χ2v) is 7.20. The smallest absolute Gasteiger partial charge is 0.321 e. The molecule has 8 nitrogen and oxygen atoms in total. The fourth-order valence-electron chi connectivity index (χ4n) is 4.07. The molecule has 6 unspecified atom stereocenters. The molecule has 1 aliphatic carbocycles. The highest BCUT2D eigenvalue weighted by Crippen LogP contribution is 2.40. The van der Waals surface area contributed by atoms with Gasteiger partial charge in [-0.15, -0.1) is 0 Å². The van der Waals surface area contributed by atoms with Crippen LogP contribution in [0.3, 0.4) is 0 Å². The number of hydrogen-bond acceptors (Lipinski definition) is 6. The van der Waals surface area contributed by atoms with Crippen molar-refractivity contribution in [1.29, 1.82) is 0 Å². The number of benzene rings is 1. The summed E-state index contributed by atoms with van der Waals surface area (Å²) in [5.41, 5.74) is 2.18. The molecule has 0 saturated heterocycles. The molecule has 3 rings (SSSR count). The number of carboxylic acid groups (broad SMARTS) is 1. The Hall–Kier alpha value is -1.97. The number of aromatic amines is 1. The summed E-state index contributed by atoms with van der Waals surface area (Å²) in [5, 5.41) is 53.5. The predicted molar refractivity (Wildman–Crippen MR) is 98.4 cm³/mol. The lowest BCUT2D eigenvalue weighted by Gasteiger charge is -2.40. The SMILES string of the molecule is CNC(Cc1c(C2CC(CO)C(O)C(O)C2O)[nH]c2ccccc12)C(=O)O. The molecule has 1 aliphatic rings. The normalized spacial score (nSPS) is 29.7. The van der Waals surface area contributed by atoms with Crippen molar-refractivity contribution in [3.8, 4) is 0 Å². The van der Waals surface area contributed by atoms with E-state index in [4.69, 9.17) is 0 Å². The van der Waals surface area contributed by atoms with Crippen molar-refractivity contribution < 1.29 is 30.3 Å². The third-order valence-electron chi connectivity index (χ3n) is 5.66. The summed E-state index contributed by atoms with van der Waals surface area (Å²) in [7, 11) is 1.57. The average Bonchev–Trinajstić information content (AvgIpc) is 3.02. The summed E-state index contributed by atoms with van der Waals surface area (Å²) < 4.78 is 0. The van der Waals surface area contributed by atoms with Gasteiger partial charge in [-0.2, -0.15) is 0 Å². The fourth-order valence-corrected chi connectivity index (χ4v) is 4.07. The molecular formula is C19H26N2O6. The molecule has 0 radical (unpaired) electrons. The Labute approximate surface area is 156 Å². The molecule has 27 heavy (non-hydrogen) atoms. The molecule has 0 spiro atoms. The quantitative estimate of drug-likeness (QED) is 0.361. The largest absolute Gasteiger partial charge is 0.480 e. The van der Waals surface area contributed by atoms with Crippen LogP contribution in [0.25, 0.3) is 10.9 Å². The minimum absolute atomic E-state index is 0.191. The van der Waals surface area contributed by atoms with Crippen LogP contribution in [0.1, 0.15) is 23.6 Å². The zero-order valence-corrected chi connectivity index (χ0v) is 15.0. The summed E-state index contributed by atoms with van der Waals surface area (Å²) in [5.74, 6) is -2.12. The van der Waals surface area contributed by atoms with E-state index in [-0.39, 0.29) is 19.4 Å². The molecule has 1 saturated carbocycles. The number of aromatic nitrogens is 1. The number of aliphatic carboxylic acids is 1. The second kappa shape index (κ2) is 7.95. The van der Waals surface area contributed by atoms with E-state index < -0.39 is 42.2 Å². The Morgan fingerprint density at radius 3 is 2.56 bits per heavy atom. The first-order valence-electron chi connectivity index (χ1n) is 9.03. The number of likely N-dealkylation sites (N-methyl/N-ethyl adjacent to an activating group) is 1. The lowest BCUT2D eigenvalue weighted by Crippen LogP contribution is -2.51. The number of carbonyl (C=O) groups is 1. The van der Waals surface area contributed by atoms with Crippen molar-refractivity contribution >= 4 is 16.9 Å². The zero-order chi connectivity index (χ0) is 19.7. The maximum absolute atomic E-state index is 11.5. The number of rotatable bonds is 6. The maximum atomic E-state index is 11.5. The first-order valence-corrected chi connectivity index (χ1v) is 9.03. The summed E-state index contributed by atoms with van der Waals surface area (Å²) in [6, 6.07) is 6.63. The van der Waals surface area contributed by atoms with Gasteiger partial charge < -0.3 is 35.8 Å². The fraction of sp³-hybridized carbons (Fsp3) is 0.526. The Morgan fingerprint density at radius 1 is 1.22 bits per heavy atom. The number of H-pyrrole nitrogens is 1. The van der Waals surface area contributed by atoms with E-state index in [1.807, 2.05) is 24.3 Å². The molecule has 1 fully saturated rings. The molecule has 7 N–H and O–H groups in total. The molecule has 8 heteroatoms. The number of hydrogen-bond donors (Lipinski definition) is 7. The molecular weight excluding hydrogens is 352 g/mol. The Balaban J connectivity index is 2.07. The van der Waals surface area contributed by atoms with Crippen molar-refractivity contribution in [2.75, 3.05) is 13.7 Å². The van der Waals surface area contributed by atoms with Crippen LogP contribution in [0, 0.1) is 5.92 Å². The number of para-hydroxylation sites is 1.